The fourth-order valence-electron chi connectivity index (χ4n) is 2.72. The highest BCUT2D eigenvalue weighted by atomic mass is 16.5. The molecule has 15 heavy (non-hydrogen) atoms. The monoisotopic (exact) mass is 210 g/mol. The Hall–Kier alpha value is -0.630. The Labute approximate surface area is 90.2 Å². The normalized spacial score (nSPS) is 39.7. The minimum Gasteiger partial charge on any atom is -0.390 e. The number of fused-ring (bicyclic) bond motifs is 2. The Morgan fingerprint density at radius 3 is 2.67 bits per heavy atom. The van der Waals surface area contributed by atoms with Gasteiger partial charge in [0.2, 0.25) is 0 Å². The average Bonchev–Trinajstić information content (AvgIpc) is 2.17. The Morgan fingerprint density at radius 1 is 1.40 bits per heavy atom. The molecule has 2 N–H and O–H groups in total. The van der Waals surface area contributed by atoms with Gasteiger partial charge >= 0.3 is 0 Å². The molecule has 0 saturated carbocycles. The van der Waals surface area contributed by atoms with E-state index in [1.807, 2.05) is 0 Å². The number of hydrogen-bond acceptors (Lipinski definition) is 4. The van der Waals surface area contributed by atoms with Crippen molar-refractivity contribution in [2.45, 2.75) is 49.8 Å². The number of hydrogen-bond donors (Lipinski definition) is 2. The quantitative estimate of drug-likeness (QED) is 0.668. The largest absolute Gasteiger partial charge is 0.390 e. The third-order valence-corrected chi connectivity index (χ3v) is 3.29. The minimum absolute atomic E-state index is 0.296. The van der Waals surface area contributed by atoms with Crippen molar-refractivity contribution >= 4 is 0 Å². The molecule has 0 amide bonds. The van der Waals surface area contributed by atoms with Crippen LogP contribution in [0.3, 0.4) is 0 Å². The first-order chi connectivity index (χ1) is 7.22. The first kappa shape index (κ1) is 10.9. The van der Waals surface area contributed by atoms with Crippen molar-refractivity contribution in [3.05, 3.63) is 0 Å². The first-order valence-electron chi connectivity index (χ1n) is 5.65. The molecule has 4 heteroatoms. The second-order valence-corrected chi connectivity index (χ2v) is 4.74. The second-order valence-electron chi connectivity index (χ2n) is 4.74. The van der Waals surface area contributed by atoms with Crippen molar-refractivity contribution in [1.82, 2.24) is 5.32 Å². The first-order valence-corrected chi connectivity index (χ1v) is 5.65. The van der Waals surface area contributed by atoms with Gasteiger partial charge < -0.3 is 15.2 Å². The molecule has 2 unspecified atom stereocenters. The van der Waals surface area contributed by atoms with Gasteiger partial charge in [-0.25, -0.2) is 0 Å². The Morgan fingerprint density at radius 2 is 2.07 bits per heavy atom. The van der Waals surface area contributed by atoms with E-state index in [0.717, 1.165) is 25.7 Å². The van der Waals surface area contributed by atoms with Gasteiger partial charge in [0, 0.05) is 18.5 Å². The molecule has 4 nitrogen and oxygen atoms in total. The molecular formula is C11H18N2O2. The van der Waals surface area contributed by atoms with Gasteiger partial charge in [0.05, 0.1) is 24.9 Å². The molecule has 2 atom stereocenters. The highest BCUT2D eigenvalue weighted by molar-refractivity contribution is 4.97. The summed E-state index contributed by atoms with van der Waals surface area (Å²) in [4.78, 5) is 0. The van der Waals surface area contributed by atoms with Crippen LogP contribution in [-0.4, -0.2) is 36.0 Å². The van der Waals surface area contributed by atoms with E-state index >= 15 is 0 Å². The number of nitrogens with zero attached hydrogens (tertiary/aromatic N) is 1. The lowest BCUT2D eigenvalue weighted by Crippen LogP contribution is -2.59. The van der Waals surface area contributed by atoms with E-state index in [-0.39, 0.29) is 0 Å². The molecule has 0 aromatic heterocycles. The number of nitrogens with one attached hydrogen (secondary N) is 1. The fraction of sp³-hybridized carbons (Fsp3) is 0.909. The molecule has 2 heterocycles. The van der Waals surface area contributed by atoms with Crippen LogP contribution in [0.5, 0.6) is 0 Å². The van der Waals surface area contributed by atoms with Crippen molar-refractivity contribution in [1.29, 1.82) is 5.26 Å². The Bertz CT molecular complexity index is 250. The van der Waals surface area contributed by atoms with Gasteiger partial charge in [0.15, 0.2) is 0 Å². The molecule has 0 spiro atoms. The van der Waals surface area contributed by atoms with Crippen LogP contribution >= 0.6 is 0 Å². The lowest BCUT2D eigenvalue weighted by Gasteiger charge is -2.45. The molecule has 0 aliphatic carbocycles. The lowest BCUT2D eigenvalue weighted by molar-refractivity contribution is -0.0804. The van der Waals surface area contributed by atoms with Gasteiger partial charge in [-0.1, -0.05) is 0 Å². The van der Waals surface area contributed by atoms with E-state index in [4.69, 9.17) is 10.00 Å². The van der Waals surface area contributed by atoms with E-state index in [1.54, 1.807) is 0 Å². The summed E-state index contributed by atoms with van der Waals surface area (Å²) in [6.45, 7) is 1.41. The molecule has 0 aromatic carbocycles. The number of rotatable bonds is 3. The van der Waals surface area contributed by atoms with E-state index < -0.39 is 5.60 Å². The number of morpholine rings is 1. The molecule has 2 saturated heterocycles. The summed E-state index contributed by atoms with van der Waals surface area (Å²) in [7, 11) is 0. The maximum Gasteiger partial charge on any atom is 0.0679 e. The number of unbranched alkanes of at least 4 members (excludes halogenated alkanes) is 1. The van der Waals surface area contributed by atoms with E-state index in [9.17, 15) is 5.11 Å². The van der Waals surface area contributed by atoms with Crippen LogP contribution in [0.4, 0.5) is 0 Å². The van der Waals surface area contributed by atoms with Crippen LogP contribution in [0.2, 0.25) is 0 Å². The van der Waals surface area contributed by atoms with Crippen LogP contribution in [0.15, 0.2) is 0 Å². The van der Waals surface area contributed by atoms with Crippen molar-refractivity contribution < 1.29 is 9.84 Å². The summed E-state index contributed by atoms with van der Waals surface area (Å²) in [5, 5.41) is 22.3. The highest BCUT2D eigenvalue weighted by Gasteiger charge is 2.40. The smallest absolute Gasteiger partial charge is 0.0679 e. The van der Waals surface area contributed by atoms with Crippen molar-refractivity contribution in [2.24, 2.45) is 0 Å². The predicted molar refractivity (Wildman–Crippen MR) is 55.2 cm³/mol. The molecule has 84 valence electrons. The van der Waals surface area contributed by atoms with Gasteiger partial charge in [-0.3, -0.25) is 0 Å². The summed E-state index contributed by atoms with van der Waals surface area (Å²) >= 11 is 0. The summed E-state index contributed by atoms with van der Waals surface area (Å²) in [5.41, 5.74) is -0.568. The zero-order valence-electron chi connectivity index (χ0n) is 8.91. The van der Waals surface area contributed by atoms with E-state index in [2.05, 4.69) is 11.4 Å². The summed E-state index contributed by atoms with van der Waals surface area (Å²) in [5.74, 6) is 0. The minimum atomic E-state index is -0.568. The molecule has 0 radical (unpaired) electrons. The van der Waals surface area contributed by atoms with Crippen molar-refractivity contribution in [2.75, 3.05) is 13.2 Å². The maximum absolute atomic E-state index is 10.4. The van der Waals surface area contributed by atoms with Gasteiger partial charge in [-0.15, -0.1) is 0 Å². The molecule has 2 bridgehead atoms. The van der Waals surface area contributed by atoms with E-state index in [1.165, 1.54) is 0 Å². The Balaban J connectivity index is 1.88. The van der Waals surface area contributed by atoms with Crippen LogP contribution in [-0.2, 0) is 4.74 Å². The molecule has 0 aromatic rings. The zero-order valence-corrected chi connectivity index (χ0v) is 8.91. The topological polar surface area (TPSA) is 65.3 Å². The number of aliphatic hydroxyl groups is 1. The van der Waals surface area contributed by atoms with Crippen LogP contribution in [0, 0.1) is 11.3 Å². The third kappa shape index (κ3) is 2.69. The van der Waals surface area contributed by atoms with Crippen molar-refractivity contribution in [3.63, 3.8) is 0 Å². The van der Waals surface area contributed by atoms with Crippen molar-refractivity contribution in [3.8, 4) is 6.07 Å². The SMILES string of the molecule is N#CCCCC1(O)CC2COCC(C1)N2. The second kappa shape index (κ2) is 4.48. The van der Waals surface area contributed by atoms with Gasteiger partial charge in [0.25, 0.3) is 0 Å². The number of ether oxygens (including phenoxy) is 1. The zero-order chi connectivity index (χ0) is 10.7. The lowest BCUT2D eigenvalue weighted by atomic mass is 9.80. The Kier molecular flexibility index (Phi) is 3.25. The summed E-state index contributed by atoms with van der Waals surface area (Å²) in [6, 6.07) is 2.72. The molecular weight excluding hydrogens is 192 g/mol. The van der Waals surface area contributed by atoms with Gasteiger partial charge in [-0.2, -0.15) is 5.26 Å². The summed E-state index contributed by atoms with van der Waals surface area (Å²) in [6.07, 6.45) is 3.61. The van der Waals surface area contributed by atoms with Gasteiger partial charge in [0.1, 0.15) is 0 Å². The number of nitriles is 1. The van der Waals surface area contributed by atoms with Crippen LogP contribution in [0.1, 0.15) is 32.1 Å². The standard InChI is InChI=1S/C11H18N2O2/c12-4-2-1-3-11(14)5-9-7-15-8-10(6-11)13-9/h9-10,13-14H,1-3,5-8H2. The molecule has 2 fully saturated rings. The van der Waals surface area contributed by atoms with Crippen LogP contribution < -0.4 is 5.32 Å². The highest BCUT2D eigenvalue weighted by Crippen LogP contribution is 2.31. The van der Waals surface area contributed by atoms with E-state index in [0.29, 0.717) is 31.7 Å². The number of piperidine rings is 1. The van der Waals surface area contributed by atoms with Gasteiger partial charge in [-0.05, 0) is 25.7 Å². The third-order valence-electron chi connectivity index (χ3n) is 3.29. The summed E-state index contributed by atoms with van der Waals surface area (Å²) < 4.78 is 5.43. The van der Waals surface area contributed by atoms with Crippen LogP contribution in [0.25, 0.3) is 0 Å². The maximum atomic E-state index is 10.4. The fourth-order valence-corrected chi connectivity index (χ4v) is 2.72. The molecule has 2 rings (SSSR count). The molecule has 2 aliphatic heterocycles. The predicted octanol–water partition coefficient (Wildman–Crippen LogP) is 0.562. The average molecular weight is 210 g/mol. The molecule has 2 aliphatic rings.